The number of hydrogen-bond donors (Lipinski definition) is 1. The highest BCUT2D eigenvalue weighted by molar-refractivity contribution is 6.52. The molecule has 0 saturated carbocycles. The van der Waals surface area contributed by atoms with E-state index < -0.39 is 0 Å². The highest BCUT2D eigenvalue weighted by Gasteiger charge is 2.10. The first kappa shape index (κ1) is 9.27. The molecule has 0 aromatic heterocycles. The third-order valence-corrected chi connectivity index (χ3v) is 2.90. The summed E-state index contributed by atoms with van der Waals surface area (Å²) in [6, 6.07) is 1.46. The molecule has 2 N–H and O–H groups in total. The Labute approximate surface area is 84.0 Å². The first-order valence-electron chi connectivity index (χ1n) is 2.62. The Balaban J connectivity index is 3.46. The van der Waals surface area contributed by atoms with Crippen molar-refractivity contribution < 1.29 is 0 Å². The van der Waals surface area contributed by atoms with Crippen molar-refractivity contribution in [2.75, 3.05) is 5.73 Å². The minimum Gasteiger partial charge on any atom is -0.397 e. The molecule has 0 fully saturated rings. The highest BCUT2D eigenvalue weighted by atomic mass is 35.5. The van der Waals surface area contributed by atoms with Crippen LogP contribution in [0, 0.1) is 0 Å². The zero-order valence-corrected chi connectivity index (χ0v) is 8.19. The van der Waals surface area contributed by atoms with Crippen molar-refractivity contribution in [2.45, 2.75) is 0 Å². The summed E-state index contributed by atoms with van der Waals surface area (Å²) in [6.45, 7) is 0. The molecule has 0 bridgehead atoms. The van der Waals surface area contributed by atoms with E-state index in [4.69, 9.17) is 52.1 Å². The van der Waals surface area contributed by atoms with Crippen molar-refractivity contribution in [1.82, 2.24) is 0 Å². The fraction of sp³-hybridized carbons (Fsp3) is 0. The molecule has 0 unspecified atom stereocenters. The van der Waals surface area contributed by atoms with Crippen LogP contribution in [0.15, 0.2) is 6.07 Å². The third kappa shape index (κ3) is 1.67. The van der Waals surface area contributed by atoms with Gasteiger partial charge in [-0.3, -0.25) is 0 Å². The van der Waals surface area contributed by atoms with E-state index in [1.165, 1.54) is 6.07 Å². The Bertz CT molecular complexity index is 271. The van der Waals surface area contributed by atoms with Crippen molar-refractivity contribution in [2.24, 2.45) is 0 Å². The van der Waals surface area contributed by atoms with Gasteiger partial charge < -0.3 is 5.73 Å². The number of rotatable bonds is 0. The molecule has 0 aliphatic rings. The molecule has 0 amide bonds. The second-order valence-electron chi connectivity index (χ2n) is 1.89. The van der Waals surface area contributed by atoms with Crippen molar-refractivity contribution in [1.29, 1.82) is 0 Å². The molecule has 0 radical (unpaired) electrons. The lowest BCUT2D eigenvalue weighted by atomic mass is 10.3. The average Bonchev–Trinajstić information content (AvgIpc) is 1.97. The number of anilines is 1. The number of halogens is 4. The second-order valence-corrected chi connectivity index (χ2v) is 3.43. The fourth-order valence-corrected chi connectivity index (χ4v) is 1.41. The molecule has 1 rings (SSSR count). The quantitative estimate of drug-likeness (QED) is 0.409. The maximum absolute atomic E-state index is 5.66. The molecule has 0 spiro atoms. The maximum Gasteiger partial charge on any atom is 0.0837 e. The van der Waals surface area contributed by atoms with Gasteiger partial charge in [0.15, 0.2) is 0 Å². The smallest absolute Gasteiger partial charge is 0.0837 e. The highest BCUT2D eigenvalue weighted by Crippen LogP contribution is 2.39. The van der Waals surface area contributed by atoms with Crippen molar-refractivity contribution in [3.8, 4) is 0 Å². The van der Waals surface area contributed by atoms with Gasteiger partial charge in [-0.25, -0.2) is 0 Å². The summed E-state index contributed by atoms with van der Waals surface area (Å²) in [6.07, 6.45) is 0. The van der Waals surface area contributed by atoms with Crippen LogP contribution in [0.4, 0.5) is 5.69 Å². The molecule has 5 heteroatoms. The minimum absolute atomic E-state index is 0.193. The van der Waals surface area contributed by atoms with Crippen LogP contribution < -0.4 is 5.73 Å². The van der Waals surface area contributed by atoms with Crippen LogP contribution in [0.1, 0.15) is 0 Å². The van der Waals surface area contributed by atoms with Crippen LogP contribution in [0.5, 0.6) is 0 Å². The van der Waals surface area contributed by atoms with Gasteiger partial charge in [0.25, 0.3) is 0 Å². The van der Waals surface area contributed by atoms with Crippen LogP contribution in [0.25, 0.3) is 0 Å². The predicted octanol–water partition coefficient (Wildman–Crippen LogP) is 3.88. The minimum atomic E-state index is 0.193. The van der Waals surface area contributed by atoms with Gasteiger partial charge in [-0.15, -0.1) is 0 Å². The zero-order valence-electron chi connectivity index (χ0n) is 5.17. The number of benzene rings is 1. The standard InChI is InChI=1S/C6H3Cl4N/c7-2-1-3(11)5(9)6(10)4(2)8/h1H,11H2. The van der Waals surface area contributed by atoms with Crippen LogP contribution in [0.2, 0.25) is 20.1 Å². The largest absolute Gasteiger partial charge is 0.397 e. The summed E-state index contributed by atoms with van der Waals surface area (Å²) in [5, 5.41) is 0.963. The zero-order chi connectivity index (χ0) is 8.59. The molecule has 11 heavy (non-hydrogen) atoms. The van der Waals surface area contributed by atoms with Crippen LogP contribution >= 0.6 is 46.4 Å². The van der Waals surface area contributed by atoms with E-state index in [9.17, 15) is 0 Å². The van der Waals surface area contributed by atoms with Gasteiger partial charge in [0.1, 0.15) is 0 Å². The summed E-state index contributed by atoms with van der Waals surface area (Å²) in [4.78, 5) is 0. The van der Waals surface area contributed by atoms with Gasteiger partial charge in [0.2, 0.25) is 0 Å². The summed E-state index contributed by atoms with van der Waals surface area (Å²) < 4.78 is 0. The Kier molecular flexibility index (Phi) is 2.76. The first-order valence-corrected chi connectivity index (χ1v) is 4.13. The first-order chi connectivity index (χ1) is 5.04. The second kappa shape index (κ2) is 3.28. The summed E-state index contributed by atoms with van der Waals surface area (Å²) in [5.74, 6) is 0. The normalized spacial score (nSPS) is 10.2. The van der Waals surface area contributed by atoms with E-state index in [1.807, 2.05) is 0 Å². The van der Waals surface area contributed by atoms with Crippen LogP contribution in [0.3, 0.4) is 0 Å². The maximum atomic E-state index is 5.66. The molecule has 0 aliphatic heterocycles. The SMILES string of the molecule is Nc1cc(Cl)c(Cl)c(Cl)c1Cl. The molecule has 1 aromatic rings. The molecular formula is C6H3Cl4N. The van der Waals surface area contributed by atoms with Gasteiger partial charge in [0, 0.05) is 0 Å². The lowest BCUT2D eigenvalue weighted by molar-refractivity contribution is 1.67. The van der Waals surface area contributed by atoms with Gasteiger partial charge >= 0.3 is 0 Å². The Hall–Kier alpha value is 0.180. The number of nitrogens with two attached hydrogens (primary N) is 1. The van der Waals surface area contributed by atoms with Gasteiger partial charge in [0.05, 0.1) is 25.8 Å². The summed E-state index contributed by atoms with van der Waals surface area (Å²) >= 11 is 22.6. The van der Waals surface area contributed by atoms with Crippen molar-refractivity contribution in [3.63, 3.8) is 0 Å². The van der Waals surface area contributed by atoms with E-state index >= 15 is 0 Å². The van der Waals surface area contributed by atoms with E-state index in [2.05, 4.69) is 0 Å². The van der Waals surface area contributed by atoms with E-state index in [-0.39, 0.29) is 15.1 Å². The lowest BCUT2D eigenvalue weighted by Crippen LogP contribution is -1.87. The third-order valence-electron chi connectivity index (χ3n) is 1.13. The monoisotopic (exact) mass is 229 g/mol. The Morgan fingerprint density at radius 3 is 2.00 bits per heavy atom. The molecule has 0 heterocycles. The predicted molar refractivity (Wildman–Crippen MR) is 50.9 cm³/mol. The number of hydrogen-bond acceptors (Lipinski definition) is 1. The van der Waals surface area contributed by atoms with E-state index in [0.717, 1.165) is 0 Å². The average molecular weight is 231 g/mol. The summed E-state index contributed by atoms with van der Waals surface area (Å²) in [7, 11) is 0. The fourth-order valence-electron chi connectivity index (χ4n) is 0.591. The molecule has 0 aliphatic carbocycles. The van der Waals surface area contributed by atoms with Crippen molar-refractivity contribution in [3.05, 3.63) is 26.2 Å². The van der Waals surface area contributed by atoms with E-state index in [1.54, 1.807) is 0 Å². The molecule has 1 aromatic carbocycles. The lowest BCUT2D eigenvalue weighted by Gasteiger charge is -2.03. The van der Waals surface area contributed by atoms with E-state index in [0.29, 0.717) is 10.7 Å². The number of nitrogen functional groups attached to an aromatic ring is 1. The van der Waals surface area contributed by atoms with Crippen LogP contribution in [-0.2, 0) is 0 Å². The Morgan fingerprint density at radius 1 is 0.909 bits per heavy atom. The Morgan fingerprint density at radius 2 is 1.45 bits per heavy atom. The molecule has 0 atom stereocenters. The topological polar surface area (TPSA) is 26.0 Å². The van der Waals surface area contributed by atoms with Gasteiger partial charge in [-0.1, -0.05) is 46.4 Å². The molecular weight excluding hydrogens is 228 g/mol. The molecule has 1 nitrogen and oxygen atoms in total. The van der Waals surface area contributed by atoms with Gasteiger partial charge in [-0.2, -0.15) is 0 Å². The van der Waals surface area contributed by atoms with Gasteiger partial charge in [-0.05, 0) is 6.07 Å². The summed E-state index contributed by atoms with van der Waals surface area (Å²) in [5.41, 5.74) is 5.76. The molecule has 0 saturated heterocycles. The van der Waals surface area contributed by atoms with Crippen LogP contribution in [-0.4, -0.2) is 0 Å². The van der Waals surface area contributed by atoms with Crippen molar-refractivity contribution >= 4 is 52.1 Å². The molecule has 60 valence electrons.